The third-order valence-electron chi connectivity index (χ3n) is 1.93. The van der Waals surface area contributed by atoms with Crippen LogP contribution in [0.4, 0.5) is 5.69 Å². The summed E-state index contributed by atoms with van der Waals surface area (Å²) in [5.41, 5.74) is 0.849. The standard InChI is InChI=1S/C10H13BrClNO/c1-2-8(14)6-13-10-4-3-7(11)5-9(10)12/h3-5,8,13-14H,2,6H2,1H3/t8-/m1/s1. The molecule has 0 aliphatic carbocycles. The molecule has 0 amide bonds. The van der Waals surface area contributed by atoms with Crippen LogP contribution < -0.4 is 5.32 Å². The van der Waals surface area contributed by atoms with E-state index >= 15 is 0 Å². The van der Waals surface area contributed by atoms with Crippen LogP contribution in [-0.2, 0) is 0 Å². The normalized spacial score (nSPS) is 12.6. The Labute approximate surface area is 97.4 Å². The van der Waals surface area contributed by atoms with E-state index in [-0.39, 0.29) is 6.10 Å². The van der Waals surface area contributed by atoms with E-state index in [9.17, 15) is 5.11 Å². The summed E-state index contributed by atoms with van der Waals surface area (Å²) in [6, 6.07) is 5.61. The Morgan fingerprint density at radius 1 is 1.57 bits per heavy atom. The average molecular weight is 279 g/mol. The van der Waals surface area contributed by atoms with Crippen LogP contribution in [0.3, 0.4) is 0 Å². The number of halogens is 2. The summed E-state index contributed by atoms with van der Waals surface area (Å²) in [4.78, 5) is 0. The van der Waals surface area contributed by atoms with Crippen LogP contribution in [0.5, 0.6) is 0 Å². The number of hydrogen-bond acceptors (Lipinski definition) is 2. The first-order valence-corrected chi connectivity index (χ1v) is 5.67. The summed E-state index contributed by atoms with van der Waals surface area (Å²) >= 11 is 9.31. The van der Waals surface area contributed by atoms with Gasteiger partial charge in [0.25, 0.3) is 0 Å². The molecule has 0 heterocycles. The molecule has 0 fully saturated rings. The van der Waals surface area contributed by atoms with Gasteiger partial charge in [0.2, 0.25) is 0 Å². The number of nitrogens with one attached hydrogen (secondary N) is 1. The van der Waals surface area contributed by atoms with Gasteiger partial charge in [0.15, 0.2) is 0 Å². The molecule has 0 spiro atoms. The smallest absolute Gasteiger partial charge is 0.0709 e. The van der Waals surface area contributed by atoms with Crippen molar-refractivity contribution in [1.82, 2.24) is 0 Å². The van der Waals surface area contributed by atoms with Crippen molar-refractivity contribution in [1.29, 1.82) is 0 Å². The molecule has 0 radical (unpaired) electrons. The second kappa shape index (κ2) is 5.59. The van der Waals surface area contributed by atoms with Gasteiger partial charge in [-0.2, -0.15) is 0 Å². The second-order valence-electron chi connectivity index (χ2n) is 3.07. The van der Waals surface area contributed by atoms with Gasteiger partial charge in [-0.15, -0.1) is 0 Å². The molecule has 0 aliphatic heterocycles. The molecule has 0 saturated heterocycles. The first-order chi connectivity index (χ1) is 6.63. The molecule has 14 heavy (non-hydrogen) atoms. The minimum absolute atomic E-state index is 0.324. The lowest BCUT2D eigenvalue weighted by atomic mass is 10.2. The lowest BCUT2D eigenvalue weighted by molar-refractivity contribution is 0.183. The molecular weight excluding hydrogens is 265 g/mol. The Kier molecular flexibility index (Phi) is 4.72. The minimum Gasteiger partial charge on any atom is -0.391 e. The second-order valence-corrected chi connectivity index (χ2v) is 4.39. The van der Waals surface area contributed by atoms with E-state index in [1.165, 1.54) is 0 Å². The van der Waals surface area contributed by atoms with Crippen LogP contribution in [0.25, 0.3) is 0 Å². The van der Waals surface area contributed by atoms with Crippen molar-refractivity contribution >= 4 is 33.2 Å². The maximum Gasteiger partial charge on any atom is 0.0709 e. The van der Waals surface area contributed by atoms with Crippen molar-refractivity contribution in [3.05, 3.63) is 27.7 Å². The number of hydrogen-bond donors (Lipinski definition) is 2. The van der Waals surface area contributed by atoms with Crippen molar-refractivity contribution in [2.75, 3.05) is 11.9 Å². The molecule has 1 atom stereocenters. The summed E-state index contributed by atoms with van der Waals surface area (Å²) in [5.74, 6) is 0. The molecule has 0 saturated carbocycles. The van der Waals surface area contributed by atoms with Gasteiger partial charge >= 0.3 is 0 Å². The third kappa shape index (κ3) is 3.48. The van der Waals surface area contributed by atoms with E-state index in [2.05, 4.69) is 21.2 Å². The Bertz CT molecular complexity index is 306. The van der Waals surface area contributed by atoms with Crippen LogP contribution in [0.15, 0.2) is 22.7 Å². The molecule has 1 aromatic rings. The van der Waals surface area contributed by atoms with Gasteiger partial charge in [-0.1, -0.05) is 34.5 Å². The minimum atomic E-state index is -0.324. The zero-order chi connectivity index (χ0) is 10.6. The third-order valence-corrected chi connectivity index (χ3v) is 2.74. The molecule has 2 N–H and O–H groups in total. The summed E-state index contributed by atoms with van der Waals surface area (Å²) in [5, 5.41) is 13.1. The van der Waals surface area contributed by atoms with Crippen molar-refractivity contribution in [2.24, 2.45) is 0 Å². The fourth-order valence-electron chi connectivity index (χ4n) is 1.00. The largest absolute Gasteiger partial charge is 0.391 e. The monoisotopic (exact) mass is 277 g/mol. The van der Waals surface area contributed by atoms with Crippen LogP contribution >= 0.6 is 27.5 Å². The molecule has 1 rings (SSSR count). The first kappa shape index (κ1) is 11.8. The average Bonchev–Trinajstić information content (AvgIpc) is 2.16. The van der Waals surface area contributed by atoms with Crippen LogP contribution in [0.2, 0.25) is 5.02 Å². The predicted molar refractivity (Wildman–Crippen MR) is 63.9 cm³/mol. The zero-order valence-corrected chi connectivity index (χ0v) is 10.3. The van der Waals surface area contributed by atoms with Gasteiger partial charge in [0.05, 0.1) is 16.8 Å². The fraction of sp³-hybridized carbons (Fsp3) is 0.400. The SMILES string of the molecule is CC[C@@H](O)CNc1ccc(Br)cc1Cl. The number of rotatable bonds is 4. The van der Waals surface area contributed by atoms with Gasteiger partial charge in [0, 0.05) is 11.0 Å². The first-order valence-electron chi connectivity index (χ1n) is 4.50. The van der Waals surface area contributed by atoms with Gasteiger partial charge in [-0.25, -0.2) is 0 Å². The van der Waals surface area contributed by atoms with Crippen molar-refractivity contribution in [3.63, 3.8) is 0 Å². The highest BCUT2D eigenvalue weighted by molar-refractivity contribution is 9.10. The van der Waals surface area contributed by atoms with E-state index in [0.717, 1.165) is 16.6 Å². The van der Waals surface area contributed by atoms with Crippen molar-refractivity contribution in [2.45, 2.75) is 19.4 Å². The number of benzene rings is 1. The van der Waals surface area contributed by atoms with E-state index in [1.54, 1.807) is 0 Å². The molecule has 1 aromatic carbocycles. The molecule has 2 nitrogen and oxygen atoms in total. The van der Waals surface area contributed by atoms with E-state index in [4.69, 9.17) is 11.6 Å². The molecule has 0 aliphatic rings. The number of aliphatic hydroxyl groups is 1. The fourth-order valence-corrected chi connectivity index (χ4v) is 1.75. The summed E-state index contributed by atoms with van der Waals surface area (Å²) in [6.45, 7) is 2.47. The summed E-state index contributed by atoms with van der Waals surface area (Å²) < 4.78 is 0.948. The van der Waals surface area contributed by atoms with Crippen LogP contribution in [0.1, 0.15) is 13.3 Å². The Balaban J connectivity index is 2.59. The quantitative estimate of drug-likeness (QED) is 0.886. The lowest BCUT2D eigenvalue weighted by Gasteiger charge is -2.11. The molecule has 0 aromatic heterocycles. The van der Waals surface area contributed by atoms with Gasteiger partial charge in [-0.3, -0.25) is 0 Å². The number of anilines is 1. The Hall–Kier alpha value is -0.250. The highest BCUT2D eigenvalue weighted by Gasteiger charge is 2.03. The van der Waals surface area contributed by atoms with Gasteiger partial charge in [-0.05, 0) is 24.6 Å². The predicted octanol–water partition coefficient (Wildman–Crippen LogP) is 3.29. The molecule has 0 unspecified atom stereocenters. The van der Waals surface area contributed by atoms with Crippen molar-refractivity contribution in [3.8, 4) is 0 Å². The maximum atomic E-state index is 9.35. The molecule has 4 heteroatoms. The maximum absolute atomic E-state index is 9.35. The molecular formula is C10H13BrClNO. The number of aliphatic hydroxyl groups excluding tert-OH is 1. The lowest BCUT2D eigenvalue weighted by Crippen LogP contribution is -2.18. The molecule has 78 valence electrons. The Morgan fingerprint density at radius 2 is 2.29 bits per heavy atom. The van der Waals surface area contributed by atoms with E-state index < -0.39 is 0 Å². The van der Waals surface area contributed by atoms with Crippen LogP contribution in [-0.4, -0.2) is 17.8 Å². The molecule has 0 bridgehead atoms. The van der Waals surface area contributed by atoms with Crippen LogP contribution in [0, 0.1) is 0 Å². The van der Waals surface area contributed by atoms with E-state index in [1.807, 2.05) is 25.1 Å². The van der Waals surface area contributed by atoms with Gasteiger partial charge < -0.3 is 10.4 Å². The highest BCUT2D eigenvalue weighted by atomic mass is 79.9. The van der Waals surface area contributed by atoms with Gasteiger partial charge in [0.1, 0.15) is 0 Å². The van der Waals surface area contributed by atoms with Crippen molar-refractivity contribution < 1.29 is 5.11 Å². The summed E-state index contributed by atoms with van der Waals surface area (Å²) in [6.07, 6.45) is 0.413. The zero-order valence-electron chi connectivity index (χ0n) is 7.93. The topological polar surface area (TPSA) is 32.3 Å². The summed E-state index contributed by atoms with van der Waals surface area (Å²) in [7, 11) is 0. The Morgan fingerprint density at radius 3 is 2.86 bits per heavy atom. The van der Waals surface area contributed by atoms with E-state index in [0.29, 0.717) is 11.6 Å². The highest BCUT2D eigenvalue weighted by Crippen LogP contribution is 2.25.